The van der Waals surface area contributed by atoms with E-state index in [-0.39, 0.29) is 11.1 Å². The van der Waals surface area contributed by atoms with Crippen LogP contribution in [-0.2, 0) is 0 Å². The molecule has 2 atom stereocenters. The Balaban J connectivity index is 1.71. The Labute approximate surface area is 175 Å². The smallest absolute Gasteiger partial charge is 0.220 e. The highest BCUT2D eigenvalue weighted by atomic mass is 32.2. The van der Waals surface area contributed by atoms with Crippen molar-refractivity contribution in [1.82, 2.24) is 24.7 Å². The number of rotatable bonds is 7. The zero-order valence-electron chi connectivity index (χ0n) is 16.0. The molecule has 148 valence electrons. The second-order valence-electron chi connectivity index (χ2n) is 6.67. The number of hydrogen-bond acceptors (Lipinski definition) is 6. The van der Waals surface area contributed by atoms with Crippen LogP contribution in [0.5, 0.6) is 0 Å². The molecule has 0 aliphatic heterocycles. The molecule has 0 aromatic carbocycles. The van der Waals surface area contributed by atoms with Crippen LogP contribution in [0.4, 0.5) is 4.39 Å². The van der Waals surface area contributed by atoms with E-state index in [1.807, 2.05) is 35.9 Å². The summed E-state index contributed by atoms with van der Waals surface area (Å²) in [5, 5.41) is 20.8. The van der Waals surface area contributed by atoms with Gasteiger partial charge in [-0.05, 0) is 30.9 Å². The fourth-order valence-electron chi connectivity index (χ4n) is 3.14. The van der Waals surface area contributed by atoms with Crippen molar-refractivity contribution in [2.24, 2.45) is 0 Å². The molecule has 4 aromatic rings. The molecule has 9 heteroatoms. The number of nitrogens with zero attached hydrogens (tertiary/aromatic N) is 5. The molecular weight excluding hydrogens is 407 g/mol. The standard InChI is InChI=1S/C20H19FN6S2/c1-3-4-17(12(2)21)29-14-7-16-20(23-10-14)27(19(9-22)24-16)18-8-15(25-26-18)13-5-6-28-11-13/h5-8,10-12,17H,3-4H2,1-2H3,(H,25,26). The molecule has 0 spiro atoms. The molecule has 0 bridgehead atoms. The number of H-pyrrole nitrogens is 1. The number of imidazole rings is 1. The van der Waals surface area contributed by atoms with Crippen molar-refractivity contribution >= 4 is 34.3 Å². The van der Waals surface area contributed by atoms with Crippen molar-refractivity contribution in [3.05, 3.63) is 41.0 Å². The maximum absolute atomic E-state index is 13.9. The van der Waals surface area contributed by atoms with Crippen molar-refractivity contribution in [2.45, 2.75) is 43.0 Å². The third-order valence-corrected chi connectivity index (χ3v) is 6.66. The zero-order chi connectivity index (χ0) is 20.4. The van der Waals surface area contributed by atoms with E-state index >= 15 is 0 Å². The number of pyridine rings is 1. The van der Waals surface area contributed by atoms with Gasteiger partial charge in [0, 0.05) is 33.4 Å². The van der Waals surface area contributed by atoms with Crippen molar-refractivity contribution in [1.29, 1.82) is 5.26 Å². The van der Waals surface area contributed by atoms with Crippen molar-refractivity contribution in [2.75, 3.05) is 0 Å². The van der Waals surface area contributed by atoms with Gasteiger partial charge in [0.15, 0.2) is 11.5 Å². The summed E-state index contributed by atoms with van der Waals surface area (Å²) in [7, 11) is 0. The van der Waals surface area contributed by atoms with Crippen LogP contribution in [0.1, 0.15) is 32.5 Å². The SMILES string of the molecule is CCCC(Sc1cnc2c(c1)nc(C#N)n2-c1cc(-c2ccsc2)[nH]n1)C(C)F. The normalized spacial score (nSPS) is 13.4. The predicted molar refractivity (Wildman–Crippen MR) is 114 cm³/mol. The number of hydrogen-bond donors (Lipinski definition) is 1. The molecule has 0 saturated carbocycles. The molecule has 4 aromatic heterocycles. The molecule has 0 radical (unpaired) electrons. The van der Waals surface area contributed by atoms with Crippen molar-refractivity contribution in [3.63, 3.8) is 0 Å². The fourth-order valence-corrected chi connectivity index (χ4v) is 4.98. The summed E-state index contributed by atoms with van der Waals surface area (Å²) in [6, 6.07) is 7.85. The second-order valence-corrected chi connectivity index (χ2v) is 8.76. The largest absolute Gasteiger partial charge is 0.276 e. The summed E-state index contributed by atoms with van der Waals surface area (Å²) in [5.41, 5.74) is 3.03. The van der Waals surface area contributed by atoms with Gasteiger partial charge in [0.2, 0.25) is 5.82 Å². The molecule has 0 aliphatic rings. The lowest BCUT2D eigenvalue weighted by Crippen LogP contribution is -2.14. The Morgan fingerprint density at radius 3 is 2.97 bits per heavy atom. The average molecular weight is 427 g/mol. The Morgan fingerprint density at radius 2 is 2.28 bits per heavy atom. The molecule has 0 aliphatic carbocycles. The third-order valence-electron chi connectivity index (χ3n) is 4.57. The van der Waals surface area contributed by atoms with Gasteiger partial charge in [-0.3, -0.25) is 5.10 Å². The highest BCUT2D eigenvalue weighted by molar-refractivity contribution is 8.00. The second kappa shape index (κ2) is 8.35. The van der Waals surface area contributed by atoms with E-state index in [4.69, 9.17) is 0 Å². The van der Waals surface area contributed by atoms with Crippen molar-refractivity contribution < 1.29 is 4.39 Å². The van der Waals surface area contributed by atoms with Gasteiger partial charge in [-0.25, -0.2) is 18.9 Å². The molecule has 0 amide bonds. The number of fused-ring (bicyclic) bond motifs is 1. The summed E-state index contributed by atoms with van der Waals surface area (Å²) in [6.45, 7) is 3.64. The van der Waals surface area contributed by atoms with Crippen LogP contribution in [0.15, 0.2) is 40.1 Å². The fraction of sp³-hybridized carbons (Fsp3) is 0.300. The maximum Gasteiger partial charge on any atom is 0.220 e. The highest BCUT2D eigenvalue weighted by Crippen LogP contribution is 2.32. The minimum atomic E-state index is -0.914. The van der Waals surface area contributed by atoms with E-state index in [0.717, 1.165) is 29.0 Å². The first-order valence-electron chi connectivity index (χ1n) is 9.28. The number of aromatic nitrogens is 5. The van der Waals surface area contributed by atoms with Crippen LogP contribution in [0, 0.1) is 11.3 Å². The molecule has 1 N–H and O–H groups in total. The molecule has 0 fully saturated rings. The van der Waals surface area contributed by atoms with Gasteiger partial charge in [0.25, 0.3) is 0 Å². The third kappa shape index (κ3) is 3.91. The van der Waals surface area contributed by atoms with Crippen LogP contribution in [0.3, 0.4) is 0 Å². The lowest BCUT2D eigenvalue weighted by Gasteiger charge is -2.16. The number of halogens is 1. The lowest BCUT2D eigenvalue weighted by molar-refractivity contribution is 0.342. The Bertz CT molecular complexity index is 1160. The van der Waals surface area contributed by atoms with Gasteiger partial charge in [-0.2, -0.15) is 21.7 Å². The molecule has 4 heterocycles. The number of nitrogens with one attached hydrogen (secondary N) is 1. The summed E-state index contributed by atoms with van der Waals surface area (Å²) in [6.07, 6.45) is 2.50. The first-order chi connectivity index (χ1) is 14.1. The Morgan fingerprint density at radius 1 is 1.41 bits per heavy atom. The minimum Gasteiger partial charge on any atom is -0.276 e. The number of alkyl halides is 1. The van der Waals surface area contributed by atoms with E-state index in [2.05, 4.69) is 26.2 Å². The van der Waals surface area contributed by atoms with E-state index in [1.165, 1.54) is 11.8 Å². The number of aromatic amines is 1. The molecule has 2 unspecified atom stereocenters. The maximum atomic E-state index is 13.9. The average Bonchev–Trinajstić information content (AvgIpc) is 3.45. The summed E-state index contributed by atoms with van der Waals surface area (Å²) < 4.78 is 15.5. The van der Waals surface area contributed by atoms with Gasteiger partial charge < -0.3 is 0 Å². The van der Waals surface area contributed by atoms with Crippen LogP contribution in [0.25, 0.3) is 28.2 Å². The Kier molecular flexibility index (Phi) is 5.65. The summed E-state index contributed by atoms with van der Waals surface area (Å²) in [5.74, 6) is 0.765. The van der Waals surface area contributed by atoms with Crippen LogP contribution in [-0.4, -0.2) is 36.2 Å². The van der Waals surface area contributed by atoms with Gasteiger partial charge in [-0.15, -0.1) is 11.8 Å². The number of nitriles is 1. The monoisotopic (exact) mass is 426 g/mol. The lowest BCUT2D eigenvalue weighted by atomic mass is 10.2. The summed E-state index contributed by atoms with van der Waals surface area (Å²) in [4.78, 5) is 9.79. The number of thioether (sulfide) groups is 1. The zero-order valence-corrected chi connectivity index (χ0v) is 17.6. The first-order valence-corrected chi connectivity index (χ1v) is 11.1. The van der Waals surface area contributed by atoms with E-state index in [1.54, 1.807) is 29.0 Å². The van der Waals surface area contributed by atoms with Crippen molar-refractivity contribution in [3.8, 4) is 23.1 Å². The van der Waals surface area contributed by atoms with Gasteiger partial charge >= 0.3 is 0 Å². The molecule has 6 nitrogen and oxygen atoms in total. The van der Waals surface area contributed by atoms with E-state index < -0.39 is 6.17 Å². The molecule has 4 rings (SSSR count). The first kappa shape index (κ1) is 19.6. The number of thiophene rings is 1. The molecular formula is C20H19FN6S2. The minimum absolute atomic E-state index is 0.128. The van der Waals surface area contributed by atoms with Gasteiger partial charge in [-0.1, -0.05) is 13.3 Å². The molecule has 0 saturated heterocycles. The predicted octanol–water partition coefficient (Wildman–Crippen LogP) is 5.36. The highest BCUT2D eigenvalue weighted by Gasteiger charge is 2.20. The summed E-state index contributed by atoms with van der Waals surface area (Å²) >= 11 is 3.07. The topological polar surface area (TPSA) is 83.2 Å². The quantitative estimate of drug-likeness (QED) is 0.402. The van der Waals surface area contributed by atoms with Gasteiger partial charge in [0.05, 0.1) is 5.69 Å². The van der Waals surface area contributed by atoms with E-state index in [9.17, 15) is 9.65 Å². The van der Waals surface area contributed by atoms with Gasteiger partial charge in [0.1, 0.15) is 17.8 Å². The Hall–Kier alpha value is -2.70. The molecule has 29 heavy (non-hydrogen) atoms. The van der Waals surface area contributed by atoms with Crippen LogP contribution in [0.2, 0.25) is 0 Å². The van der Waals surface area contributed by atoms with Crippen LogP contribution < -0.4 is 0 Å². The van der Waals surface area contributed by atoms with Crippen LogP contribution >= 0.6 is 23.1 Å². The van der Waals surface area contributed by atoms with E-state index in [0.29, 0.717) is 17.0 Å².